The lowest BCUT2D eigenvalue weighted by molar-refractivity contribution is 0.181. The molecule has 0 aromatic heterocycles. The third kappa shape index (κ3) is 3.47. The molecule has 0 spiro atoms. The van der Waals surface area contributed by atoms with Gasteiger partial charge in [0.15, 0.2) is 0 Å². The summed E-state index contributed by atoms with van der Waals surface area (Å²) in [5, 5.41) is 8.68. The fourth-order valence-electron chi connectivity index (χ4n) is 1.23. The summed E-state index contributed by atoms with van der Waals surface area (Å²) in [4.78, 5) is 4.23. The fourth-order valence-corrected chi connectivity index (χ4v) is 1.59. The highest BCUT2D eigenvalue weighted by Crippen LogP contribution is 2.29. The molecule has 1 aromatic carbocycles. The van der Waals surface area contributed by atoms with Crippen molar-refractivity contribution in [1.29, 1.82) is 0 Å². The van der Waals surface area contributed by atoms with E-state index in [-0.39, 0.29) is 13.2 Å². The highest BCUT2D eigenvalue weighted by molar-refractivity contribution is 9.10. The number of hydrogen-bond acceptors (Lipinski definition) is 3. The molecule has 0 saturated heterocycles. The highest BCUT2D eigenvalue weighted by Gasteiger charge is 2.06. The lowest BCUT2D eigenvalue weighted by atomic mass is 10.1. The first-order valence-corrected chi connectivity index (χ1v) is 5.69. The van der Waals surface area contributed by atoms with Crippen LogP contribution < -0.4 is 0 Å². The predicted octanol–water partition coefficient (Wildman–Crippen LogP) is 3.15. The zero-order chi connectivity index (χ0) is 12.0. The molecule has 0 unspecified atom stereocenters. The molecule has 1 N–H and O–H groups in total. The zero-order valence-electron chi connectivity index (χ0n) is 9.11. The molecule has 0 fully saturated rings. The largest absolute Gasteiger partial charge is 0.491 e. The van der Waals surface area contributed by atoms with Gasteiger partial charge in [-0.15, -0.1) is 0 Å². The molecule has 0 saturated carbocycles. The minimum Gasteiger partial charge on any atom is -0.491 e. The standard InChI is InChI=1S/C12H14BrNO2/c1-3-14-12-5-4-10(13)8-11(12)9(2)16-7-6-15/h3-5,8,15H,2,6-7H2,1H3/b14-3-. The Balaban J connectivity index is 2.99. The molecule has 0 amide bonds. The smallest absolute Gasteiger partial charge is 0.121 e. The van der Waals surface area contributed by atoms with E-state index in [9.17, 15) is 0 Å². The summed E-state index contributed by atoms with van der Waals surface area (Å²) in [5.41, 5.74) is 1.62. The van der Waals surface area contributed by atoms with Gasteiger partial charge in [-0.05, 0) is 25.1 Å². The molecule has 4 heteroatoms. The molecule has 86 valence electrons. The molecule has 3 nitrogen and oxygen atoms in total. The van der Waals surface area contributed by atoms with Gasteiger partial charge in [0.1, 0.15) is 12.4 Å². The Morgan fingerprint density at radius 3 is 3.00 bits per heavy atom. The minimum absolute atomic E-state index is 0.0284. The van der Waals surface area contributed by atoms with E-state index in [0.717, 1.165) is 15.7 Å². The maximum Gasteiger partial charge on any atom is 0.121 e. The first kappa shape index (κ1) is 12.9. The second-order valence-electron chi connectivity index (χ2n) is 3.04. The summed E-state index contributed by atoms with van der Waals surface area (Å²) in [5.74, 6) is 0.510. The van der Waals surface area contributed by atoms with Crippen molar-refractivity contribution in [2.75, 3.05) is 13.2 Å². The van der Waals surface area contributed by atoms with Crippen LogP contribution in [0.2, 0.25) is 0 Å². The molecule has 1 rings (SSSR count). The SMILES string of the molecule is C=C(OCCO)c1cc(Br)ccc1/N=C\C. The van der Waals surface area contributed by atoms with Crippen LogP contribution in [0.25, 0.3) is 5.76 Å². The third-order valence-electron chi connectivity index (χ3n) is 1.89. The lowest BCUT2D eigenvalue weighted by Crippen LogP contribution is -1.98. The number of rotatable bonds is 5. The molecule has 0 atom stereocenters. The van der Waals surface area contributed by atoms with Crippen LogP contribution in [0.1, 0.15) is 12.5 Å². The third-order valence-corrected chi connectivity index (χ3v) is 2.39. The van der Waals surface area contributed by atoms with Crippen molar-refractivity contribution >= 4 is 33.6 Å². The van der Waals surface area contributed by atoms with Crippen molar-refractivity contribution in [3.63, 3.8) is 0 Å². The number of aliphatic hydroxyl groups is 1. The monoisotopic (exact) mass is 283 g/mol. The Hall–Kier alpha value is -1.13. The van der Waals surface area contributed by atoms with Crippen molar-refractivity contribution in [2.24, 2.45) is 4.99 Å². The van der Waals surface area contributed by atoms with Gasteiger partial charge in [0.2, 0.25) is 0 Å². The normalized spacial score (nSPS) is 10.7. The molecule has 1 aromatic rings. The van der Waals surface area contributed by atoms with Gasteiger partial charge in [-0.3, -0.25) is 4.99 Å². The van der Waals surface area contributed by atoms with Crippen molar-refractivity contribution < 1.29 is 9.84 Å². The fraction of sp³-hybridized carbons (Fsp3) is 0.250. The molecule has 0 bridgehead atoms. The summed E-state index contributed by atoms with van der Waals surface area (Å²) in [6, 6.07) is 5.68. The average molecular weight is 284 g/mol. The van der Waals surface area contributed by atoms with Crippen LogP contribution in [-0.4, -0.2) is 24.5 Å². The van der Waals surface area contributed by atoms with Crippen LogP contribution in [0.5, 0.6) is 0 Å². The summed E-state index contributed by atoms with van der Waals surface area (Å²) in [6.45, 7) is 5.88. The van der Waals surface area contributed by atoms with E-state index >= 15 is 0 Å². The van der Waals surface area contributed by atoms with Crippen LogP contribution in [0.3, 0.4) is 0 Å². The molecular formula is C12H14BrNO2. The van der Waals surface area contributed by atoms with Crippen molar-refractivity contribution in [2.45, 2.75) is 6.92 Å². The minimum atomic E-state index is -0.0284. The van der Waals surface area contributed by atoms with E-state index in [1.807, 2.05) is 25.1 Å². The molecule has 0 aliphatic heterocycles. The number of halogens is 1. The van der Waals surface area contributed by atoms with E-state index in [4.69, 9.17) is 9.84 Å². The van der Waals surface area contributed by atoms with E-state index in [1.54, 1.807) is 6.21 Å². The van der Waals surface area contributed by atoms with Gasteiger partial charge in [-0.2, -0.15) is 0 Å². The van der Waals surface area contributed by atoms with Gasteiger partial charge in [-0.25, -0.2) is 0 Å². The average Bonchev–Trinajstić information content (AvgIpc) is 2.28. The Morgan fingerprint density at radius 1 is 1.62 bits per heavy atom. The molecule has 0 aliphatic rings. The highest BCUT2D eigenvalue weighted by atomic mass is 79.9. The molecule has 0 radical (unpaired) electrons. The van der Waals surface area contributed by atoms with E-state index in [2.05, 4.69) is 27.5 Å². The summed E-state index contributed by atoms with van der Waals surface area (Å²) >= 11 is 3.39. The Bertz CT molecular complexity index is 402. The first-order valence-electron chi connectivity index (χ1n) is 4.90. The quantitative estimate of drug-likeness (QED) is 0.666. The number of benzene rings is 1. The van der Waals surface area contributed by atoms with Crippen LogP contribution in [0.4, 0.5) is 5.69 Å². The van der Waals surface area contributed by atoms with Crippen LogP contribution in [-0.2, 0) is 4.74 Å². The van der Waals surface area contributed by atoms with Crippen molar-refractivity contribution in [3.8, 4) is 0 Å². The maximum absolute atomic E-state index is 8.68. The van der Waals surface area contributed by atoms with Crippen LogP contribution in [0.15, 0.2) is 34.2 Å². The first-order chi connectivity index (χ1) is 7.69. The van der Waals surface area contributed by atoms with Crippen LogP contribution in [0, 0.1) is 0 Å². The second kappa shape index (κ2) is 6.45. The van der Waals surface area contributed by atoms with Crippen molar-refractivity contribution in [1.82, 2.24) is 0 Å². The zero-order valence-corrected chi connectivity index (χ0v) is 10.7. The number of aliphatic hydroxyl groups excluding tert-OH is 1. The summed E-state index contributed by atoms with van der Waals surface area (Å²) in [6.07, 6.45) is 1.71. The van der Waals surface area contributed by atoms with E-state index < -0.39 is 0 Å². The second-order valence-corrected chi connectivity index (χ2v) is 3.96. The molecular weight excluding hydrogens is 270 g/mol. The van der Waals surface area contributed by atoms with Gasteiger partial charge < -0.3 is 9.84 Å². The summed E-state index contributed by atoms with van der Waals surface area (Å²) in [7, 11) is 0. The van der Waals surface area contributed by atoms with Gasteiger partial charge in [-0.1, -0.05) is 22.5 Å². The Labute approximate surface area is 104 Å². The number of nitrogens with zero attached hydrogens (tertiary/aromatic N) is 1. The van der Waals surface area contributed by atoms with Crippen LogP contribution >= 0.6 is 15.9 Å². The predicted molar refractivity (Wildman–Crippen MR) is 70.0 cm³/mol. The Morgan fingerprint density at radius 2 is 2.38 bits per heavy atom. The van der Waals surface area contributed by atoms with Gasteiger partial charge in [0, 0.05) is 16.3 Å². The Kier molecular flexibility index (Phi) is 5.22. The van der Waals surface area contributed by atoms with Gasteiger partial charge in [0.25, 0.3) is 0 Å². The topological polar surface area (TPSA) is 41.8 Å². The van der Waals surface area contributed by atoms with E-state index in [1.165, 1.54) is 0 Å². The number of ether oxygens (including phenoxy) is 1. The summed E-state index contributed by atoms with van der Waals surface area (Å²) < 4.78 is 6.22. The molecule has 16 heavy (non-hydrogen) atoms. The lowest BCUT2D eigenvalue weighted by Gasteiger charge is -2.10. The van der Waals surface area contributed by atoms with Gasteiger partial charge >= 0.3 is 0 Å². The van der Waals surface area contributed by atoms with Gasteiger partial charge in [0.05, 0.1) is 12.3 Å². The molecule has 0 heterocycles. The maximum atomic E-state index is 8.68. The molecule has 0 aliphatic carbocycles. The number of hydrogen-bond donors (Lipinski definition) is 1. The van der Waals surface area contributed by atoms with E-state index in [0.29, 0.717) is 5.76 Å². The number of aliphatic imine (C=N–C) groups is 1. The van der Waals surface area contributed by atoms with Crippen molar-refractivity contribution in [3.05, 3.63) is 34.8 Å².